The largest absolute Gasteiger partial charge is 0.335 e. The Morgan fingerprint density at radius 3 is 2.33 bits per heavy atom. The number of rotatable bonds is 4. The van der Waals surface area contributed by atoms with E-state index in [1.165, 1.54) is 0 Å². The van der Waals surface area contributed by atoms with Gasteiger partial charge < -0.3 is 10.6 Å². The number of carbonyl (C=O) groups is 1. The van der Waals surface area contributed by atoms with Crippen molar-refractivity contribution < 1.29 is 13.2 Å². The zero-order valence-corrected chi connectivity index (χ0v) is 16.1. The molecule has 4 rings (SSSR count). The van der Waals surface area contributed by atoms with Gasteiger partial charge in [-0.3, -0.25) is 4.79 Å². The van der Waals surface area contributed by atoms with Crippen molar-refractivity contribution in [3.63, 3.8) is 0 Å². The lowest BCUT2D eigenvalue weighted by Crippen LogP contribution is -2.48. The standard InChI is InChI=1S/C18H26N4O4S/c23-17-8-7-16(12-1-2-12)21-22(17)15-5-3-13(4-6-15)19-18(24)20-14-9-10-27(25,26)11-14/h7-8,12-15H,1-6,9-11H2,(H2,19,20,24). The molecule has 1 atom stereocenters. The lowest BCUT2D eigenvalue weighted by atomic mass is 9.91. The van der Waals surface area contributed by atoms with Gasteiger partial charge in [0.25, 0.3) is 5.56 Å². The molecule has 1 aliphatic heterocycles. The molecule has 0 bridgehead atoms. The van der Waals surface area contributed by atoms with E-state index in [2.05, 4.69) is 15.7 Å². The van der Waals surface area contributed by atoms with Gasteiger partial charge in [-0.15, -0.1) is 0 Å². The Morgan fingerprint density at radius 1 is 1.00 bits per heavy atom. The van der Waals surface area contributed by atoms with Gasteiger partial charge in [-0.1, -0.05) is 0 Å². The quantitative estimate of drug-likeness (QED) is 0.794. The van der Waals surface area contributed by atoms with E-state index < -0.39 is 9.84 Å². The number of hydrogen-bond acceptors (Lipinski definition) is 5. The fourth-order valence-corrected chi connectivity index (χ4v) is 5.76. The third-order valence-corrected chi connectivity index (χ3v) is 7.55. The van der Waals surface area contributed by atoms with Crippen molar-refractivity contribution in [2.45, 2.75) is 69.0 Å². The first-order chi connectivity index (χ1) is 12.9. The van der Waals surface area contributed by atoms with Crippen LogP contribution in [0.4, 0.5) is 4.79 Å². The van der Waals surface area contributed by atoms with Crippen molar-refractivity contribution in [1.82, 2.24) is 20.4 Å². The van der Waals surface area contributed by atoms with Gasteiger partial charge in [-0.25, -0.2) is 17.9 Å². The van der Waals surface area contributed by atoms with Crippen LogP contribution in [0.1, 0.15) is 62.6 Å². The molecule has 1 aromatic heterocycles. The predicted molar refractivity (Wildman–Crippen MR) is 100 cm³/mol. The molecule has 2 N–H and O–H groups in total. The van der Waals surface area contributed by atoms with Crippen LogP contribution in [0, 0.1) is 0 Å². The van der Waals surface area contributed by atoms with E-state index in [4.69, 9.17) is 0 Å². The Balaban J connectivity index is 1.28. The lowest BCUT2D eigenvalue weighted by molar-refractivity contribution is 0.221. The van der Waals surface area contributed by atoms with Crippen LogP contribution in [0.25, 0.3) is 0 Å². The van der Waals surface area contributed by atoms with Crippen LogP contribution in [0.2, 0.25) is 0 Å². The molecular formula is C18H26N4O4S. The van der Waals surface area contributed by atoms with E-state index in [0.717, 1.165) is 44.2 Å². The van der Waals surface area contributed by atoms with Crippen molar-refractivity contribution in [3.05, 3.63) is 28.2 Å². The van der Waals surface area contributed by atoms with E-state index in [1.54, 1.807) is 10.7 Å². The summed E-state index contributed by atoms with van der Waals surface area (Å²) in [5.41, 5.74) is 0.955. The summed E-state index contributed by atoms with van der Waals surface area (Å²) < 4.78 is 24.6. The summed E-state index contributed by atoms with van der Waals surface area (Å²) in [6.07, 6.45) is 5.94. The number of amides is 2. The molecule has 0 aromatic carbocycles. The Labute approximate surface area is 158 Å². The minimum Gasteiger partial charge on any atom is -0.335 e. The minimum absolute atomic E-state index is 0.0269. The molecule has 2 amide bonds. The summed E-state index contributed by atoms with van der Waals surface area (Å²) >= 11 is 0. The number of carbonyl (C=O) groups excluding carboxylic acids is 1. The van der Waals surface area contributed by atoms with Crippen LogP contribution in [0.15, 0.2) is 16.9 Å². The molecular weight excluding hydrogens is 368 g/mol. The normalized spacial score (nSPS) is 30.0. The molecule has 3 aliphatic rings. The molecule has 1 unspecified atom stereocenters. The number of urea groups is 1. The Hall–Kier alpha value is -1.90. The summed E-state index contributed by atoms with van der Waals surface area (Å²) in [4.78, 5) is 24.3. The fraction of sp³-hybridized carbons (Fsp3) is 0.722. The molecule has 0 spiro atoms. The summed E-state index contributed by atoms with van der Waals surface area (Å²) in [5, 5.41) is 10.3. The summed E-state index contributed by atoms with van der Waals surface area (Å²) in [6, 6.07) is 3.00. The molecule has 27 heavy (non-hydrogen) atoms. The van der Waals surface area contributed by atoms with Crippen LogP contribution >= 0.6 is 0 Å². The van der Waals surface area contributed by atoms with Gasteiger partial charge in [0.15, 0.2) is 9.84 Å². The van der Waals surface area contributed by atoms with Gasteiger partial charge in [0.2, 0.25) is 0 Å². The summed E-state index contributed by atoms with van der Waals surface area (Å²) in [5.74, 6) is 0.682. The number of nitrogens with one attached hydrogen (secondary N) is 2. The third-order valence-electron chi connectivity index (χ3n) is 5.79. The smallest absolute Gasteiger partial charge is 0.315 e. The SMILES string of the molecule is O=C(NC1CCC(n2nc(C3CC3)ccc2=O)CC1)NC1CCS(=O)(=O)C1. The summed E-state index contributed by atoms with van der Waals surface area (Å²) in [6.45, 7) is 0. The van der Waals surface area contributed by atoms with Crippen LogP contribution in [0.3, 0.4) is 0 Å². The van der Waals surface area contributed by atoms with Crippen molar-refractivity contribution in [2.75, 3.05) is 11.5 Å². The van der Waals surface area contributed by atoms with Crippen molar-refractivity contribution >= 4 is 15.9 Å². The first-order valence-corrected chi connectivity index (χ1v) is 11.6. The molecule has 0 radical (unpaired) electrons. The first kappa shape index (κ1) is 18.5. The van der Waals surface area contributed by atoms with Crippen LogP contribution in [-0.2, 0) is 9.84 Å². The average Bonchev–Trinajstić information content (AvgIpc) is 3.41. The monoisotopic (exact) mass is 394 g/mol. The van der Waals surface area contributed by atoms with E-state index in [1.807, 2.05) is 6.07 Å². The Bertz CT molecular complexity index is 870. The number of sulfone groups is 1. The zero-order valence-electron chi connectivity index (χ0n) is 15.3. The molecule has 2 aliphatic carbocycles. The molecule has 9 heteroatoms. The first-order valence-electron chi connectivity index (χ1n) is 9.77. The molecule has 1 saturated heterocycles. The molecule has 1 aromatic rings. The maximum atomic E-state index is 12.2. The Kier molecular flexibility index (Phi) is 4.96. The second kappa shape index (κ2) is 7.26. The maximum Gasteiger partial charge on any atom is 0.315 e. The second-order valence-corrected chi connectivity index (χ2v) is 10.3. The van der Waals surface area contributed by atoms with E-state index in [9.17, 15) is 18.0 Å². The third kappa shape index (κ3) is 4.51. The second-order valence-electron chi connectivity index (χ2n) is 8.04. The van der Waals surface area contributed by atoms with Gasteiger partial charge in [0, 0.05) is 24.1 Å². The van der Waals surface area contributed by atoms with Gasteiger partial charge >= 0.3 is 6.03 Å². The van der Waals surface area contributed by atoms with Gasteiger partial charge in [0.1, 0.15) is 0 Å². The lowest BCUT2D eigenvalue weighted by Gasteiger charge is -2.30. The van der Waals surface area contributed by atoms with Crippen molar-refractivity contribution in [2.24, 2.45) is 0 Å². The molecule has 148 valence electrons. The highest BCUT2D eigenvalue weighted by atomic mass is 32.2. The minimum atomic E-state index is -3.00. The molecule has 2 saturated carbocycles. The van der Waals surface area contributed by atoms with E-state index in [0.29, 0.717) is 12.3 Å². The van der Waals surface area contributed by atoms with Crippen molar-refractivity contribution in [1.29, 1.82) is 0 Å². The molecule has 2 heterocycles. The average molecular weight is 394 g/mol. The van der Waals surface area contributed by atoms with Crippen molar-refractivity contribution in [3.8, 4) is 0 Å². The maximum absolute atomic E-state index is 12.2. The van der Waals surface area contributed by atoms with E-state index in [-0.39, 0.29) is 41.2 Å². The van der Waals surface area contributed by atoms with Gasteiger partial charge in [-0.05, 0) is 51.0 Å². The number of hydrogen-bond donors (Lipinski definition) is 2. The van der Waals surface area contributed by atoms with Gasteiger partial charge in [0.05, 0.1) is 23.2 Å². The predicted octanol–water partition coefficient (Wildman–Crippen LogP) is 1.09. The van der Waals surface area contributed by atoms with Crippen LogP contribution in [-0.4, -0.2) is 47.8 Å². The van der Waals surface area contributed by atoms with Crippen LogP contribution < -0.4 is 16.2 Å². The molecule has 3 fully saturated rings. The highest BCUT2D eigenvalue weighted by Gasteiger charge is 2.31. The van der Waals surface area contributed by atoms with Gasteiger partial charge in [-0.2, -0.15) is 5.10 Å². The highest BCUT2D eigenvalue weighted by Crippen LogP contribution is 2.38. The van der Waals surface area contributed by atoms with E-state index >= 15 is 0 Å². The highest BCUT2D eigenvalue weighted by molar-refractivity contribution is 7.91. The summed E-state index contributed by atoms with van der Waals surface area (Å²) in [7, 11) is -3.00. The fourth-order valence-electron chi connectivity index (χ4n) is 4.08. The number of nitrogens with zero attached hydrogens (tertiary/aromatic N) is 2. The number of aromatic nitrogens is 2. The molecule has 8 nitrogen and oxygen atoms in total. The van der Waals surface area contributed by atoms with Crippen LogP contribution in [0.5, 0.6) is 0 Å². The zero-order chi connectivity index (χ0) is 19.0. The Morgan fingerprint density at radius 2 is 1.70 bits per heavy atom. The topological polar surface area (TPSA) is 110 Å².